The second kappa shape index (κ2) is 8.73. The van der Waals surface area contributed by atoms with Gasteiger partial charge >= 0.3 is 0 Å². The summed E-state index contributed by atoms with van der Waals surface area (Å²) in [7, 11) is 0. The van der Waals surface area contributed by atoms with E-state index in [1.807, 2.05) is 36.5 Å². The van der Waals surface area contributed by atoms with Crippen molar-refractivity contribution in [2.24, 2.45) is 17.8 Å². The second-order valence-corrected chi connectivity index (χ2v) is 10.0. The van der Waals surface area contributed by atoms with Gasteiger partial charge in [0.15, 0.2) is 0 Å². The zero-order valence-electron chi connectivity index (χ0n) is 18.7. The van der Waals surface area contributed by atoms with Gasteiger partial charge < -0.3 is 4.57 Å². The second-order valence-electron chi connectivity index (χ2n) is 9.60. The van der Waals surface area contributed by atoms with E-state index in [2.05, 4.69) is 57.9 Å². The lowest BCUT2D eigenvalue weighted by molar-refractivity contribution is 0.357. The number of aryl methyl sites for hydroxylation is 1. The van der Waals surface area contributed by atoms with Gasteiger partial charge in [0, 0.05) is 46.0 Å². The Bertz CT molecular complexity index is 1320. The van der Waals surface area contributed by atoms with Gasteiger partial charge in [-0.05, 0) is 104 Å². The van der Waals surface area contributed by atoms with E-state index in [4.69, 9.17) is 11.6 Å². The molecule has 0 N–H and O–H groups in total. The third-order valence-electron chi connectivity index (χ3n) is 7.21. The van der Waals surface area contributed by atoms with Gasteiger partial charge in [-0.3, -0.25) is 0 Å². The molecule has 0 aliphatic heterocycles. The first-order valence-electron chi connectivity index (χ1n) is 12.1. The molecule has 0 bridgehead atoms. The molecule has 0 unspecified atom stereocenters. The Kier molecular flexibility index (Phi) is 5.44. The van der Waals surface area contributed by atoms with E-state index < -0.39 is 0 Å². The standard InChI is InChI=1S/C30H27ClN2/c31-27-10-7-22(8-11-27)26-9-13-28(32-20-26)12-1-21-2-14-30-25(19-21)15-17-33(30)18-16-29(23-3-4-23)24-5-6-24/h2,7-11,13-15,17,19-20,23-24,29H,3-6,16,18H2. The summed E-state index contributed by atoms with van der Waals surface area (Å²) in [6.45, 7) is 1.14. The zero-order valence-corrected chi connectivity index (χ0v) is 19.4. The van der Waals surface area contributed by atoms with Crippen LogP contribution < -0.4 is 0 Å². The molecule has 2 aliphatic carbocycles. The zero-order chi connectivity index (χ0) is 22.2. The number of hydrogen-bond acceptors (Lipinski definition) is 1. The Hall–Kier alpha value is -3.02. The maximum atomic E-state index is 5.98. The SMILES string of the molecule is Clc1ccc(-c2ccc(C#Cc3ccc4c(ccn4CCC(C4CC4)C4CC4)c3)nc2)cc1. The molecule has 0 radical (unpaired) electrons. The Balaban J connectivity index is 1.15. The molecule has 6 rings (SSSR count). The average molecular weight is 451 g/mol. The summed E-state index contributed by atoms with van der Waals surface area (Å²) >= 11 is 5.98. The van der Waals surface area contributed by atoms with Crippen LogP contribution in [0, 0.1) is 29.6 Å². The van der Waals surface area contributed by atoms with Crippen LogP contribution in [0.3, 0.4) is 0 Å². The first kappa shape index (κ1) is 20.6. The van der Waals surface area contributed by atoms with Crippen LogP contribution in [0.25, 0.3) is 22.0 Å². The molecule has 33 heavy (non-hydrogen) atoms. The fraction of sp³-hybridized carbons (Fsp3) is 0.300. The molecule has 0 saturated heterocycles. The number of pyridine rings is 1. The van der Waals surface area contributed by atoms with Crippen LogP contribution in [0.4, 0.5) is 0 Å². The average Bonchev–Trinajstić information content (AvgIpc) is 3.78. The highest BCUT2D eigenvalue weighted by Crippen LogP contribution is 2.50. The van der Waals surface area contributed by atoms with Crippen LogP contribution in [0.1, 0.15) is 43.4 Å². The van der Waals surface area contributed by atoms with Crippen molar-refractivity contribution in [2.45, 2.75) is 38.6 Å². The topological polar surface area (TPSA) is 17.8 Å². The normalized spacial score (nSPS) is 15.6. The monoisotopic (exact) mass is 450 g/mol. The van der Waals surface area contributed by atoms with Gasteiger partial charge in [0.05, 0.1) is 0 Å². The fourth-order valence-electron chi connectivity index (χ4n) is 5.08. The van der Waals surface area contributed by atoms with Crippen molar-refractivity contribution in [3.8, 4) is 23.0 Å². The van der Waals surface area contributed by atoms with Gasteiger partial charge in [0.25, 0.3) is 0 Å². The Morgan fingerprint density at radius 1 is 0.879 bits per heavy atom. The van der Waals surface area contributed by atoms with Gasteiger partial charge in [0.1, 0.15) is 5.69 Å². The van der Waals surface area contributed by atoms with Crippen LogP contribution in [-0.2, 0) is 6.54 Å². The van der Waals surface area contributed by atoms with Crippen LogP contribution >= 0.6 is 11.6 Å². The van der Waals surface area contributed by atoms with Crippen molar-refractivity contribution in [2.75, 3.05) is 0 Å². The van der Waals surface area contributed by atoms with E-state index in [0.717, 1.165) is 51.7 Å². The number of halogens is 1. The Morgan fingerprint density at radius 3 is 2.33 bits per heavy atom. The minimum atomic E-state index is 0.738. The lowest BCUT2D eigenvalue weighted by Gasteiger charge is -2.16. The number of hydrogen-bond donors (Lipinski definition) is 0. The van der Waals surface area contributed by atoms with Gasteiger partial charge in [0.2, 0.25) is 0 Å². The number of rotatable bonds is 6. The van der Waals surface area contributed by atoms with Crippen molar-refractivity contribution in [3.63, 3.8) is 0 Å². The Labute approximate surface area is 200 Å². The highest BCUT2D eigenvalue weighted by molar-refractivity contribution is 6.30. The highest BCUT2D eigenvalue weighted by Gasteiger charge is 2.40. The van der Waals surface area contributed by atoms with Crippen LogP contribution in [0.2, 0.25) is 5.02 Å². The van der Waals surface area contributed by atoms with Crippen LogP contribution in [0.5, 0.6) is 0 Å². The van der Waals surface area contributed by atoms with Crippen molar-refractivity contribution in [1.29, 1.82) is 0 Å². The number of fused-ring (bicyclic) bond motifs is 1. The van der Waals surface area contributed by atoms with Crippen LogP contribution in [0.15, 0.2) is 73.1 Å². The van der Waals surface area contributed by atoms with E-state index in [1.54, 1.807) is 0 Å². The molecule has 0 atom stereocenters. The highest BCUT2D eigenvalue weighted by atomic mass is 35.5. The first-order valence-corrected chi connectivity index (χ1v) is 12.4. The summed E-state index contributed by atoms with van der Waals surface area (Å²) in [5.41, 5.74) is 5.28. The quantitative estimate of drug-likeness (QED) is 0.277. The summed E-state index contributed by atoms with van der Waals surface area (Å²) in [5.74, 6) is 9.51. The van der Waals surface area contributed by atoms with E-state index in [0.29, 0.717) is 0 Å². The largest absolute Gasteiger partial charge is 0.347 e. The molecule has 3 heteroatoms. The van der Waals surface area contributed by atoms with Crippen molar-refractivity contribution in [3.05, 3.63) is 89.3 Å². The van der Waals surface area contributed by atoms with Crippen molar-refractivity contribution >= 4 is 22.5 Å². The smallest absolute Gasteiger partial charge is 0.113 e. The molecule has 2 aromatic carbocycles. The summed E-state index contributed by atoms with van der Waals surface area (Å²) in [4.78, 5) is 4.53. The minimum absolute atomic E-state index is 0.738. The van der Waals surface area contributed by atoms with E-state index in [9.17, 15) is 0 Å². The summed E-state index contributed by atoms with van der Waals surface area (Å²) < 4.78 is 2.43. The summed E-state index contributed by atoms with van der Waals surface area (Å²) in [6, 6.07) is 20.6. The maximum absolute atomic E-state index is 5.98. The van der Waals surface area contributed by atoms with Gasteiger partial charge in [-0.15, -0.1) is 0 Å². The molecular formula is C30H27ClN2. The molecule has 4 aromatic rings. The number of aromatic nitrogens is 2. The molecule has 2 fully saturated rings. The molecule has 2 aromatic heterocycles. The first-order chi connectivity index (χ1) is 16.2. The predicted octanol–water partition coefficient (Wildman–Crippen LogP) is 7.58. The lowest BCUT2D eigenvalue weighted by atomic mass is 9.94. The molecule has 2 nitrogen and oxygen atoms in total. The van der Waals surface area contributed by atoms with Gasteiger partial charge in [-0.1, -0.05) is 35.7 Å². The third-order valence-corrected chi connectivity index (χ3v) is 7.46. The molecule has 0 spiro atoms. The van der Waals surface area contributed by atoms with Crippen molar-refractivity contribution < 1.29 is 0 Å². The molecule has 2 heterocycles. The molecule has 164 valence electrons. The van der Waals surface area contributed by atoms with E-state index >= 15 is 0 Å². The van der Waals surface area contributed by atoms with E-state index in [1.165, 1.54) is 43.0 Å². The molecular weight excluding hydrogens is 424 g/mol. The fourth-order valence-corrected chi connectivity index (χ4v) is 5.21. The summed E-state index contributed by atoms with van der Waals surface area (Å²) in [5, 5.41) is 2.00. The molecule has 0 amide bonds. The van der Waals surface area contributed by atoms with Gasteiger partial charge in [-0.2, -0.15) is 0 Å². The number of nitrogens with zero attached hydrogens (tertiary/aromatic N) is 2. The van der Waals surface area contributed by atoms with Gasteiger partial charge in [-0.25, -0.2) is 4.98 Å². The molecule has 2 aliphatic rings. The van der Waals surface area contributed by atoms with E-state index in [-0.39, 0.29) is 0 Å². The van der Waals surface area contributed by atoms with Crippen LogP contribution in [-0.4, -0.2) is 9.55 Å². The maximum Gasteiger partial charge on any atom is 0.113 e. The van der Waals surface area contributed by atoms with Crippen molar-refractivity contribution in [1.82, 2.24) is 9.55 Å². The lowest BCUT2D eigenvalue weighted by Crippen LogP contribution is -2.10. The predicted molar refractivity (Wildman–Crippen MR) is 136 cm³/mol. The number of benzene rings is 2. The Morgan fingerprint density at radius 2 is 1.64 bits per heavy atom. The summed E-state index contributed by atoms with van der Waals surface area (Å²) in [6.07, 6.45) is 11.3. The third kappa shape index (κ3) is 4.70. The minimum Gasteiger partial charge on any atom is -0.347 e. The molecule has 2 saturated carbocycles.